The average Bonchev–Trinajstić information content (AvgIpc) is 2.50. The van der Waals surface area contributed by atoms with Gasteiger partial charge in [-0.2, -0.15) is 0 Å². The highest BCUT2D eigenvalue weighted by Gasteiger charge is 2.16. The molecule has 0 bridgehead atoms. The van der Waals surface area contributed by atoms with Crippen LogP contribution in [-0.2, 0) is 0 Å². The number of benzene rings is 1. The number of nitrogens with two attached hydrogens (primary N) is 1. The maximum atomic E-state index is 12.3. The molecule has 0 saturated carbocycles. The molecule has 3 N–H and O–H groups in total. The highest BCUT2D eigenvalue weighted by molar-refractivity contribution is 7.99. The van der Waals surface area contributed by atoms with Crippen LogP contribution in [0.1, 0.15) is 0 Å². The van der Waals surface area contributed by atoms with Crippen molar-refractivity contribution in [1.82, 2.24) is 14.9 Å². The zero-order chi connectivity index (χ0) is 15.5. The number of nitrogens with one attached hydrogen (secondary N) is 1. The minimum atomic E-state index is -0.114. The lowest BCUT2D eigenvalue weighted by molar-refractivity contribution is 0.311. The van der Waals surface area contributed by atoms with E-state index in [0.717, 1.165) is 31.1 Å². The van der Waals surface area contributed by atoms with E-state index >= 15 is 0 Å². The Hall–Kier alpha value is -1.99. The van der Waals surface area contributed by atoms with Gasteiger partial charge in [0.2, 0.25) is 5.95 Å². The molecular weight excluding hydrogens is 298 g/mol. The fourth-order valence-corrected chi connectivity index (χ4v) is 3.18. The summed E-state index contributed by atoms with van der Waals surface area (Å²) in [4.78, 5) is 25.4. The van der Waals surface area contributed by atoms with Crippen LogP contribution in [0.25, 0.3) is 0 Å². The predicted octanol–water partition coefficient (Wildman–Crippen LogP) is 1.26. The fourth-order valence-electron chi connectivity index (χ4n) is 2.33. The van der Waals surface area contributed by atoms with Crippen LogP contribution in [0.4, 0.5) is 11.6 Å². The summed E-state index contributed by atoms with van der Waals surface area (Å²) < 4.78 is 0. The molecule has 0 radical (unpaired) electrons. The van der Waals surface area contributed by atoms with E-state index in [9.17, 15) is 4.79 Å². The van der Waals surface area contributed by atoms with Crippen molar-refractivity contribution in [3.8, 4) is 0 Å². The lowest BCUT2D eigenvalue weighted by Gasteiger charge is -2.32. The molecule has 0 spiro atoms. The molecule has 1 aromatic carbocycles. The summed E-state index contributed by atoms with van der Waals surface area (Å²) in [6, 6.07) is 7.47. The van der Waals surface area contributed by atoms with Gasteiger partial charge >= 0.3 is 0 Å². The molecule has 116 valence electrons. The van der Waals surface area contributed by atoms with Gasteiger partial charge in [0.25, 0.3) is 5.56 Å². The van der Waals surface area contributed by atoms with E-state index in [1.165, 1.54) is 11.8 Å². The number of rotatable bonds is 3. The molecule has 2 aromatic rings. The summed E-state index contributed by atoms with van der Waals surface area (Å²) >= 11 is 1.37. The topological polar surface area (TPSA) is 78.2 Å². The first-order valence-corrected chi connectivity index (χ1v) is 8.00. The maximum Gasteiger partial charge on any atom is 0.266 e. The van der Waals surface area contributed by atoms with Crippen LogP contribution >= 0.6 is 11.8 Å². The first-order chi connectivity index (χ1) is 10.6. The smallest absolute Gasteiger partial charge is 0.266 e. The average molecular weight is 317 g/mol. The highest BCUT2D eigenvalue weighted by atomic mass is 32.2. The number of hydrogen-bond donors (Lipinski definition) is 2. The van der Waals surface area contributed by atoms with E-state index < -0.39 is 0 Å². The Morgan fingerprint density at radius 2 is 2.05 bits per heavy atom. The summed E-state index contributed by atoms with van der Waals surface area (Å²) in [6.45, 7) is 3.70. The van der Waals surface area contributed by atoms with Crippen LogP contribution < -0.4 is 16.2 Å². The summed E-state index contributed by atoms with van der Waals surface area (Å²) in [6.07, 6.45) is 1.64. The van der Waals surface area contributed by atoms with Gasteiger partial charge in [-0.15, -0.1) is 0 Å². The number of aromatic amines is 1. The Bertz CT molecular complexity index is 709. The Kier molecular flexibility index (Phi) is 4.35. The molecule has 2 heterocycles. The second-order valence-corrected chi connectivity index (χ2v) is 6.48. The summed E-state index contributed by atoms with van der Waals surface area (Å²) in [5.74, 6) is 0.648. The lowest BCUT2D eigenvalue weighted by Crippen LogP contribution is -2.45. The SMILES string of the molecule is CN1CCN(c2ncc(Sc3cccc(N)c3)c(=O)[nH]2)CC1. The van der Waals surface area contributed by atoms with Gasteiger partial charge in [0, 0.05) is 36.8 Å². The molecule has 0 aliphatic carbocycles. The number of piperazine rings is 1. The summed E-state index contributed by atoms with van der Waals surface area (Å²) in [5.41, 5.74) is 6.33. The summed E-state index contributed by atoms with van der Waals surface area (Å²) in [5, 5.41) is 0. The molecule has 1 saturated heterocycles. The molecule has 0 amide bonds. The van der Waals surface area contributed by atoms with Crippen LogP contribution in [0, 0.1) is 0 Å². The molecule has 3 rings (SSSR count). The first kappa shape index (κ1) is 14.9. The van der Waals surface area contributed by atoms with E-state index in [1.807, 2.05) is 24.3 Å². The fraction of sp³-hybridized carbons (Fsp3) is 0.333. The second kappa shape index (κ2) is 6.41. The van der Waals surface area contributed by atoms with Crippen molar-refractivity contribution in [3.63, 3.8) is 0 Å². The zero-order valence-corrected chi connectivity index (χ0v) is 13.3. The zero-order valence-electron chi connectivity index (χ0n) is 12.5. The van der Waals surface area contributed by atoms with Crippen molar-refractivity contribution in [2.75, 3.05) is 43.9 Å². The molecule has 7 heteroatoms. The Morgan fingerprint density at radius 3 is 2.73 bits per heavy atom. The Morgan fingerprint density at radius 1 is 1.27 bits per heavy atom. The molecule has 1 aromatic heterocycles. The summed E-state index contributed by atoms with van der Waals surface area (Å²) in [7, 11) is 2.10. The van der Waals surface area contributed by atoms with Gasteiger partial charge in [0.15, 0.2) is 0 Å². The maximum absolute atomic E-state index is 12.3. The normalized spacial score (nSPS) is 16.0. The van der Waals surface area contributed by atoms with Gasteiger partial charge in [-0.1, -0.05) is 17.8 Å². The standard InChI is InChI=1S/C15H19N5OS/c1-19-5-7-20(8-6-19)15-17-10-13(14(21)18-15)22-12-4-2-3-11(16)9-12/h2-4,9-10H,5-8,16H2,1H3,(H,17,18,21). The van der Waals surface area contributed by atoms with Crippen LogP contribution in [0.2, 0.25) is 0 Å². The van der Waals surface area contributed by atoms with Crippen LogP contribution in [-0.4, -0.2) is 48.1 Å². The van der Waals surface area contributed by atoms with Gasteiger partial charge in [-0.05, 0) is 25.2 Å². The quantitative estimate of drug-likeness (QED) is 0.830. The molecule has 22 heavy (non-hydrogen) atoms. The van der Waals surface area contributed by atoms with E-state index in [1.54, 1.807) is 6.20 Å². The minimum Gasteiger partial charge on any atom is -0.399 e. The number of hydrogen-bond acceptors (Lipinski definition) is 6. The molecule has 6 nitrogen and oxygen atoms in total. The number of aromatic nitrogens is 2. The molecule has 0 atom stereocenters. The molecular formula is C15H19N5OS. The number of nitrogen functional groups attached to an aromatic ring is 1. The van der Waals surface area contributed by atoms with Crippen molar-refractivity contribution in [2.24, 2.45) is 0 Å². The molecule has 1 aliphatic rings. The molecule has 1 aliphatic heterocycles. The number of nitrogens with zero attached hydrogens (tertiary/aromatic N) is 3. The van der Waals surface area contributed by atoms with E-state index in [2.05, 4.69) is 26.8 Å². The Labute approximate surface area is 133 Å². The third-order valence-electron chi connectivity index (χ3n) is 3.64. The van der Waals surface area contributed by atoms with Gasteiger partial charge in [-0.3, -0.25) is 9.78 Å². The van der Waals surface area contributed by atoms with Crippen molar-refractivity contribution in [2.45, 2.75) is 9.79 Å². The van der Waals surface area contributed by atoms with Crippen LogP contribution in [0.3, 0.4) is 0 Å². The minimum absolute atomic E-state index is 0.114. The first-order valence-electron chi connectivity index (χ1n) is 7.18. The lowest BCUT2D eigenvalue weighted by atomic mass is 10.3. The third kappa shape index (κ3) is 3.42. The monoisotopic (exact) mass is 317 g/mol. The van der Waals surface area contributed by atoms with E-state index in [4.69, 9.17) is 5.73 Å². The van der Waals surface area contributed by atoms with Crippen molar-refractivity contribution in [3.05, 3.63) is 40.8 Å². The van der Waals surface area contributed by atoms with Crippen molar-refractivity contribution < 1.29 is 0 Å². The Balaban J connectivity index is 1.76. The van der Waals surface area contributed by atoms with Gasteiger partial charge < -0.3 is 15.5 Å². The number of anilines is 2. The van der Waals surface area contributed by atoms with Crippen molar-refractivity contribution >= 4 is 23.4 Å². The number of likely N-dealkylation sites (N-methyl/N-ethyl adjacent to an activating group) is 1. The van der Waals surface area contributed by atoms with Gasteiger partial charge in [0.1, 0.15) is 0 Å². The second-order valence-electron chi connectivity index (χ2n) is 5.37. The molecule has 1 fully saturated rings. The largest absolute Gasteiger partial charge is 0.399 e. The van der Waals surface area contributed by atoms with E-state index in [-0.39, 0.29) is 5.56 Å². The van der Waals surface area contributed by atoms with Crippen LogP contribution in [0.5, 0.6) is 0 Å². The van der Waals surface area contributed by atoms with Crippen LogP contribution in [0.15, 0.2) is 45.0 Å². The third-order valence-corrected chi connectivity index (χ3v) is 4.64. The van der Waals surface area contributed by atoms with E-state index in [0.29, 0.717) is 16.5 Å². The van der Waals surface area contributed by atoms with Gasteiger partial charge in [-0.25, -0.2) is 4.98 Å². The number of H-pyrrole nitrogens is 1. The van der Waals surface area contributed by atoms with Crippen molar-refractivity contribution in [1.29, 1.82) is 0 Å². The van der Waals surface area contributed by atoms with Gasteiger partial charge in [0.05, 0.1) is 11.1 Å². The highest BCUT2D eigenvalue weighted by Crippen LogP contribution is 2.26. The predicted molar refractivity (Wildman–Crippen MR) is 89.5 cm³/mol. The molecule has 0 unspecified atom stereocenters.